The molecule has 0 spiro atoms. The molecule has 2 N–H and O–H groups in total. The molecule has 2 unspecified atom stereocenters. The molecule has 0 bridgehead atoms. The fourth-order valence-electron chi connectivity index (χ4n) is 2.16. The smallest absolute Gasteiger partial charge is 0.354 e. The van der Waals surface area contributed by atoms with Gasteiger partial charge in [0.2, 0.25) is 5.91 Å². The highest BCUT2D eigenvalue weighted by molar-refractivity contribution is 7.99. The van der Waals surface area contributed by atoms with Crippen molar-refractivity contribution in [3.05, 3.63) is 29.6 Å². The van der Waals surface area contributed by atoms with Crippen molar-refractivity contribution in [2.75, 3.05) is 11.6 Å². The van der Waals surface area contributed by atoms with E-state index in [-0.39, 0.29) is 29.1 Å². The molecule has 1 saturated heterocycles. The van der Waals surface area contributed by atoms with E-state index in [1.807, 2.05) is 20.8 Å². The van der Waals surface area contributed by atoms with Crippen LogP contribution in [0.2, 0.25) is 0 Å². The van der Waals surface area contributed by atoms with Crippen LogP contribution in [0.25, 0.3) is 0 Å². The second-order valence-corrected chi connectivity index (χ2v) is 7.07. The van der Waals surface area contributed by atoms with Gasteiger partial charge in [-0.3, -0.25) is 9.59 Å². The number of thioether (sulfide) groups is 1. The van der Waals surface area contributed by atoms with Gasteiger partial charge in [-0.25, -0.2) is 9.78 Å². The Morgan fingerprint density at radius 2 is 2.04 bits per heavy atom. The molecule has 1 aromatic rings. The summed E-state index contributed by atoms with van der Waals surface area (Å²) < 4.78 is 0. The summed E-state index contributed by atoms with van der Waals surface area (Å²) >= 11 is 1.51. The van der Waals surface area contributed by atoms with E-state index >= 15 is 0 Å². The van der Waals surface area contributed by atoms with Gasteiger partial charge in [0.1, 0.15) is 11.7 Å². The molecule has 1 aliphatic rings. The van der Waals surface area contributed by atoms with Crippen molar-refractivity contribution in [3.8, 4) is 0 Å². The first-order chi connectivity index (χ1) is 11.3. The van der Waals surface area contributed by atoms with E-state index in [9.17, 15) is 14.4 Å². The normalized spacial score (nSPS) is 18.5. The molecule has 0 aliphatic carbocycles. The minimum atomic E-state index is -1.15. The van der Waals surface area contributed by atoms with Crippen LogP contribution in [0.3, 0.4) is 0 Å². The maximum absolute atomic E-state index is 12.6. The molecule has 2 rings (SSSR count). The summed E-state index contributed by atoms with van der Waals surface area (Å²) in [7, 11) is 0. The van der Waals surface area contributed by atoms with Crippen LogP contribution < -0.4 is 5.32 Å². The average molecular weight is 351 g/mol. The zero-order valence-electron chi connectivity index (χ0n) is 13.9. The number of carboxylic acids is 1. The molecule has 7 nitrogen and oxygen atoms in total. The van der Waals surface area contributed by atoms with Crippen LogP contribution in [0.1, 0.15) is 41.6 Å². The Bertz CT molecular complexity index is 633. The van der Waals surface area contributed by atoms with Crippen LogP contribution in [-0.2, 0) is 4.79 Å². The predicted molar refractivity (Wildman–Crippen MR) is 90.9 cm³/mol. The summed E-state index contributed by atoms with van der Waals surface area (Å²) in [6.07, 6.45) is 1.24. The second kappa shape index (κ2) is 7.65. The third-order valence-corrected chi connectivity index (χ3v) is 5.06. The van der Waals surface area contributed by atoms with Crippen molar-refractivity contribution >= 4 is 29.5 Å². The second-order valence-electron chi connectivity index (χ2n) is 6.07. The van der Waals surface area contributed by atoms with Crippen molar-refractivity contribution in [2.24, 2.45) is 5.92 Å². The lowest BCUT2D eigenvalue weighted by atomic mass is 10.1. The molecule has 0 aromatic carbocycles. The lowest BCUT2D eigenvalue weighted by Crippen LogP contribution is -2.50. The summed E-state index contributed by atoms with van der Waals surface area (Å²) in [5, 5.41) is 11.8. The Morgan fingerprint density at radius 3 is 2.58 bits per heavy atom. The molecule has 1 aliphatic heterocycles. The lowest BCUT2D eigenvalue weighted by molar-refractivity contribution is -0.125. The molecular weight excluding hydrogens is 330 g/mol. The molecule has 0 saturated carbocycles. The monoisotopic (exact) mass is 351 g/mol. The number of carboxylic acid groups (broad SMARTS) is 1. The summed E-state index contributed by atoms with van der Waals surface area (Å²) in [5.74, 6) is -0.353. The van der Waals surface area contributed by atoms with Crippen LogP contribution in [0.15, 0.2) is 18.3 Å². The maximum Gasteiger partial charge on any atom is 0.354 e. The Kier molecular flexibility index (Phi) is 5.82. The number of hydrogen-bond donors (Lipinski definition) is 2. The van der Waals surface area contributed by atoms with Gasteiger partial charge in [0, 0.05) is 18.0 Å². The zero-order chi connectivity index (χ0) is 17.9. The van der Waals surface area contributed by atoms with Crippen molar-refractivity contribution < 1.29 is 19.5 Å². The summed E-state index contributed by atoms with van der Waals surface area (Å²) in [4.78, 5) is 41.1. The number of pyridine rings is 1. The first-order valence-electron chi connectivity index (χ1n) is 7.69. The van der Waals surface area contributed by atoms with E-state index in [4.69, 9.17) is 5.11 Å². The first kappa shape index (κ1) is 18.3. The van der Waals surface area contributed by atoms with E-state index in [0.717, 1.165) is 0 Å². The van der Waals surface area contributed by atoms with Gasteiger partial charge in [-0.05, 0) is 25.0 Å². The average Bonchev–Trinajstić information content (AvgIpc) is 3.03. The highest BCUT2D eigenvalue weighted by Gasteiger charge is 2.35. The van der Waals surface area contributed by atoms with Crippen molar-refractivity contribution in [1.29, 1.82) is 0 Å². The SMILES string of the molecule is CC(C)C(C)NC(=O)C1CSCN1C(=O)c1ccc(C(=O)O)nc1. The number of nitrogens with zero attached hydrogens (tertiary/aromatic N) is 2. The largest absolute Gasteiger partial charge is 0.477 e. The molecule has 2 atom stereocenters. The van der Waals surface area contributed by atoms with Crippen LogP contribution in [0.5, 0.6) is 0 Å². The van der Waals surface area contributed by atoms with Gasteiger partial charge < -0.3 is 15.3 Å². The molecular formula is C16H21N3O4S. The molecule has 130 valence electrons. The van der Waals surface area contributed by atoms with Crippen LogP contribution in [0, 0.1) is 5.92 Å². The number of carbonyl (C=O) groups excluding carboxylic acids is 2. The van der Waals surface area contributed by atoms with E-state index in [2.05, 4.69) is 10.3 Å². The van der Waals surface area contributed by atoms with Gasteiger partial charge in [0.05, 0.1) is 11.4 Å². The Morgan fingerprint density at radius 1 is 1.33 bits per heavy atom. The van der Waals surface area contributed by atoms with Crippen LogP contribution in [-0.4, -0.2) is 56.5 Å². The van der Waals surface area contributed by atoms with Gasteiger partial charge in [0.25, 0.3) is 5.91 Å². The number of carbonyl (C=O) groups is 3. The molecule has 8 heteroatoms. The number of hydrogen-bond acceptors (Lipinski definition) is 5. The van der Waals surface area contributed by atoms with Crippen LogP contribution in [0.4, 0.5) is 0 Å². The summed E-state index contributed by atoms with van der Waals surface area (Å²) in [6.45, 7) is 5.98. The van der Waals surface area contributed by atoms with Gasteiger partial charge >= 0.3 is 5.97 Å². The Balaban J connectivity index is 2.10. The van der Waals surface area contributed by atoms with Crippen molar-refractivity contribution in [1.82, 2.24) is 15.2 Å². The number of aromatic nitrogens is 1. The minimum Gasteiger partial charge on any atom is -0.477 e. The Labute approximate surface area is 144 Å². The minimum absolute atomic E-state index is 0.0246. The van der Waals surface area contributed by atoms with E-state index in [0.29, 0.717) is 17.5 Å². The molecule has 24 heavy (non-hydrogen) atoms. The van der Waals surface area contributed by atoms with Crippen LogP contribution >= 0.6 is 11.8 Å². The Hall–Kier alpha value is -2.09. The van der Waals surface area contributed by atoms with E-state index in [1.54, 1.807) is 0 Å². The topological polar surface area (TPSA) is 99.6 Å². The number of aromatic carboxylic acids is 1. The highest BCUT2D eigenvalue weighted by Crippen LogP contribution is 2.23. The quantitative estimate of drug-likeness (QED) is 0.833. The standard InChI is InChI=1S/C16H21N3O4S/c1-9(2)10(3)18-14(20)13-7-24-8-19(13)15(21)11-4-5-12(16(22)23)17-6-11/h4-6,9-10,13H,7-8H2,1-3H3,(H,18,20)(H,22,23). The molecule has 2 amide bonds. The highest BCUT2D eigenvalue weighted by atomic mass is 32.2. The fraction of sp³-hybridized carbons (Fsp3) is 0.500. The van der Waals surface area contributed by atoms with Crippen molar-refractivity contribution in [2.45, 2.75) is 32.9 Å². The predicted octanol–water partition coefficient (Wildman–Crippen LogP) is 1.46. The number of rotatable bonds is 5. The summed E-state index contributed by atoms with van der Waals surface area (Å²) in [5.41, 5.74) is 0.152. The molecule has 1 fully saturated rings. The first-order valence-corrected chi connectivity index (χ1v) is 8.85. The van der Waals surface area contributed by atoms with Crippen molar-refractivity contribution in [3.63, 3.8) is 0 Å². The summed E-state index contributed by atoms with van der Waals surface area (Å²) in [6, 6.07) is 2.21. The molecule has 2 heterocycles. The third kappa shape index (κ3) is 4.05. The van der Waals surface area contributed by atoms with Gasteiger partial charge in [-0.1, -0.05) is 13.8 Å². The third-order valence-electron chi connectivity index (χ3n) is 4.05. The van der Waals surface area contributed by atoms with E-state index in [1.165, 1.54) is 35.0 Å². The van der Waals surface area contributed by atoms with Gasteiger partial charge in [-0.15, -0.1) is 11.8 Å². The fourth-order valence-corrected chi connectivity index (χ4v) is 3.31. The molecule has 0 radical (unpaired) electrons. The lowest BCUT2D eigenvalue weighted by Gasteiger charge is -2.26. The van der Waals surface area contributed by atoms with Gasteiger partial charge in [0.15, 0.2) is 0 Å². The number of nitrogens with one attached hydrogen (secondary N) is 1. The van der Waals surface area contributed by atoms with E-state index < -0.39 is 12.0 Å². The van der Waals surface area contributed by atoms with Gasteiger partial charge in [-0.2, -0.15) is 0 Å². The number of amides is 2. The molecule has 1 aromatic heterocycles. The maximum atomic E-state index is 12.6. The zero-order valence-corrected chi connectivity index (χ0v) is 14.7.